The van der Waals surface area contributed by atoms with Gasteiger partial charge in [0.2, 0.25) is 10.0 Å². The summed E-state index contributed by atoms with van der Waals surface area (Å²) in [6.45, 7) is 3.98. The van der Waals surface area contributed by atoms with Crippen LogP contribution in [0.2, 0.25) is 0 Å². The molecule has 2 heterocycles. The van der Waals surface area contributed by atoms with Crippen LogP contribution in [0, 0.1) is 0 Å². The smallest absolute Gasteiger partial charge is 0.269 e. The van der Waals surface area contributed by atoms with E-state index in [2.05, 4.69) is 32.5 Å². The quantitative estimate of drug-likeness (QED) is 0.423. The number of pyridine rings is 1. The Morgan fingerprint density at radius 2 is 1.58 bits per heavy atom. The Morgan fingerprint density at radius 3 is 2.22 bits per heavy atom. The highest BCUT2D eigenvalue weighted by Gasteiger charge is 2.21. The van der Waals surface area contributed by atoms with E-state index in [-0.39, 0.29) is 10.6 Å². The van der Waals surface area contributed by atoms with Crippen molar-refractivity contribution in [2.24, 2.45) is 5.73 Å². The molecular weight excluding hydrogens is 478 g/mol. The zero-order valence-corrected chi connectivity index (χ0v) is 21.4. The van der Waals surface area contributed by atoms with E-state index in [0.29, 0.717) is 17.1 Å². The summed E-state index contributed by atoms with van der Waals surface area (Å²) in [5.41, 5.74) is 8.85. The van der Waals surface area contributed by atoms with Gasteiger partial charge in [0.1, 0.15) is 4.90 Å². The van der Waals surface area contributed by atoms with Crippen molar-refractivity contribution in [1.29, 1.82) is 0 Å². The molecule has 10 nitrogen and oxygen atoms in total. The third-order valence-corrected chi connectivity index (χ3v) is 7.93. The Hall–Kier alpha value is -3.67. The molecule has 11 heteroatoms. The highest BCUT2D eigenvalue weighted by Crippen LogP contribution is 2.30. The molecule has 4 N–H and O–H groups in total. The number of likely N-dealkylation sites (N-methyl/N-ethyl adjacent to an activating group) is 1. The lowest BCUT2D eigenvalue weighted by Crippen LogP contribution is -2.44. The molecule has 1 aliphatic heterocycles. The van der Waals surface area contributed by atoms with Gasteiger partial charge in [-0.25, -0.2) is 17.7 Å². The van der Waals surface area contributed by atoms with Crippen molar-refractivity contribution in [2.45, 2.75) is 4.90 Å². The third-order valence-electron chi connectivity index (χ3n) is 6.06. The molecule has 0 saturated carbocycles. The summed E-state index contributed by atoms with van der Waals surface area (Å²) in [4.78, 5) is 21.0. The van der Waals surface area contributed by atoms with E-state index < -0.39 is 15.9 Å². The van der Waals surface area contributed by atoms with Gasteiger partial charge in [-0.05, 0) is 49.5 Å². The lowest BCUT2D eigenvalue weighted by Gasteiger charge is -2.34. The number of anilines is 5. The SMILES string of the molecule is CN1CCN(c2ccc(Nc3cc(Nc4ccccc4S(=O)(=O)N(C)C)cnc3C(N)=O)cc2)CC1. The number of sulfonamides is 1. The predicted molar refractivity (Wildman–Crippen MR) is 143 cm³/mol. The van der Waals surface area contributed by atoms with Crippen molar-refractivity contribution in [3.8, 4) is 0 Å². The fraction of sp³-hybridized carbons (Fsp3) is 0.280. The van der Waals surface area contributed by atoms with Crippen molar-refractivity contribution < 1.29 is 13.2 Å². The second kappa shape index (κ2) is 10.5. The fourth-order valence-electron chi connectivity index (χ4n) is 3.95. The summed E-state index contributed by atoms with van der Waals surface area (Å²) >= 11 is 0. The van der Waals surface area contributed by atoms with Crippen LogP contribution in [0.25, 0.3) is 0 Å². The Labute approximate surface area is 211 Å². The lowest BCUT2D eigenvalue weighted by molar-refractivity contribution is 0.0996. The van der Waals surface area contributed by atoms with Crippen LogP contribution >= 0.6 is 0 Å². The van der Waals surface area contributed by atoms with Gasteiger partial charge in [0.05, 0.1) is 23.3 Å². The number of nitrogens with two attached hydrogens (primary N) is 1. The maximum absolute atomic E-state index is 12.7. The molecular formula is C25H31N7O3S. The zero-order valence-electron chi connectivity index (χ0n) is 20.6. The minimum atomic E-state index is -3.67. The molecule has 0 unspecified atom stereocenters. The summed E-state index contributed by atoms with van der Waals surface area (Å²) in [5.74, 6) is -0.673. The molecule has 3 aromatic rings. The van der Waals surface area contributed by atoms with Crippen LogP contribution in [0.5, 0.6) is 0 Å². The number of amides is 1. The number of carbonyl (C=O) groups excluding carboxylic acids is 1. The largest absolute Gasteiger partial charge is 0.369 e. The molecule has 1 aromatic heterocycles. The third kappa shape index (κ3) is 5.59. The normalized spacial score (nSPS) is 14.6. The van der Waals surface area contributed by atoms with Crippen molar-refractivity contribution in [1.82, 2.24) is 14.2 Å². The van der Waals surface area contributed by atoms with Crippen LogP contribution in [0.4, 0.5) is 28.4 Å². The monoisotopic (exact) mass is 509 g/mol. The lowest BCUT2D eigenvalue weighted by atomic mass is 10.2. The Kier molecular flexibility index (Phi) is 7.43. The molecule has 0 aliphatic carbocycles. The molecule has 0 atom stereocenters. The first-order valence-electron chi connectivity index (χ1n) is 11.5. The van der Waals surface area contributed by atoms with Gasteiger partial charge >= 0.3 is 0 Å². The molecule has 0 spiro atoms. The van der Waals surface area contributed by atoms with Gasteiger partial charge < -0.3 is 26.2 Å². The van der Waals surface area contributed by atoms with Crippen LogP contribution in [0.1, 0.15) is 10.5 Å². The number of carbonyl (C=O) groups is 1. The Morgan fingerprint density at radius 1 is 0.944 bits per heavy atom. The van der Waals surface area contributed by atoms with Crippen LogP contribution in [-0.4, -0.2) is 75.8 Å². The maximum atomic E-state index is 12.7. The van der Waals surface area contributed by atoms with Crippen LogP contribution in [0.15, 0.2) is 65.7 Å². The van der Waals surface area contributed by atoms with Gasteiger partial charge in [-0.1, -0.05) is 12.1 Å². The second-order valence-electron chi connectivity index (χ2n) is 8.86. The minimum Gasteiger partial charge on any atom is -0.369 e. The Bertz CT molecular complexity index is 1340. The van der Waals surface area contributed by atoms with E-state index in [9.17, 15) is 13.2 Å². The molecule has 1 amide bonds. The fourth-order valence-corrected chi connectivity index (χ4v) is 4.99. The average molecular weight is 510 g/mol. The first-order valence-corrected chi connectivity index (χ1v) is 13.0. The first-order chi connectivity index (χ1) is 17.1. The maximum Gasteiger partial charge on any atom is 0.269 e. The number of hydrogen-bond donors (Lipinski definition) is 3. The van der Waals surface area contributed by atoms with Gasteiger partial charge in [0, 0.05) is 51.6 Å². The van der Waals surface area contributed by atoms with Crippen molar-refractivity contribution >= 4 is 44.4 Å². The zero-order chi connectivity index (χ0) is 25.9. The molecule has 0 bridgehead atoms. The van der Waals surface area contributed by atoms with E-state index >= 15 is 0 Å². The van der Waals surface area contributed by atoms with Gasteiger partial charge in [-0.15, -0.1) is 0 Å². The molecule has 0 radical (unpaired) electrons. The van der Waals surface area contributed by atoms with Gasteiger partial charge in [-0.3, -0.25) is 4.79 Å². The highest BCUT2D eigenvalue weighted by atomic mass is 32.2. The highest BCUT2D eigenvalue weighted by molar-refractivity contribution is 7.89. The first kappa shape index (κ1) is 25.4. The minimum absolute atomic E-state index is 0.0814. The average Bonchev–Trinajstić information content (AvgIpc) is 2.85. The predicted octanol–water partition coefficient (Wildman–Crippen LogP) is 2.67. The molecule has 4 rings (SSSR count). The number of rotatable bonds is 8. The molecule has 1 fully saturated rings. The molecule has 1 aliphatic rings. The van der Waals surface area contributed by atoms with Gasteiger partial charge in [0.25, 0.3) is 5.91 Å². The van der Waals surface area contributed by atoms with Gasteiger partial charge in [0.15, 0.2) is 5.69 Å². The number of nitrogens with zero attached hydrogens (tertiary/aromatic N) is 4. The topological polar surface area (TPSA) is 124 Å². The van der Waals surface area contributed by atoms with Crippen LogP contribution in [-0.2, 0) is 10.0 Å². The molecule has 36 heavy (non-hydrogen) atoms. The van der Waals surface area contributed by atoms with Crippen molar-refractivity contribution in [2.75, 3.05) is 62.9 Å². The summed E-state index contributed by atoms with van der Waals surface area (Å²) in [6.07, 6.45) is 1.45. The van der Waals surface area contributed by atoms with Crippen molar-refractivity contribution in [3.63, 3.8) is 0 Å². The number of nitrogens with one attached hydrogen (secondary N) is 2. The summed E-state index contributed by atoms with van der Waals surface area (Å²) in [7, 11) is 1.41. The molecule has 1 saturated heterocycles. The number of benzene rings is 2. The summed E-state index contributed by atoms with van der Waals surface area (Å²) in [6, 6.07) is 16.2. The van der Waals surface area contributed by atoms with Crippen LogP contribution in [0.3, 0.4) is 0 Å². The number of piperazine rings is 1. The van der Waals surface area contributed by atoms with Crippen LogP contribution < -0.4 is 21.3 Å². The number of hydrogen-bond acceptors (Lipinski definition) is 8. The number of primary amides is 1. The summed E-state index contributed by atoms with van der Waals surface area (Å²) < 4.78 is 26.6. The Balaban J connectivity index is 1.58. The van der Waals surface area contributed by atoms with E-state index in [1.807, 2.05) is 24.3 Å². The molecule has 190 valence electrons. The standard InChI is InChI=1S/C25H31N7O3S/c1-30(2)36(34,35)23-7-5-4-6-21(23)29-19-16-22(24(25(26)33)27-17-19)28-18-8-10-20(11-9-18)32-14-12-31(3)13-15-32/h4-11,16-17,28-29H,12-15H2,1-3H3,(H2,26,33). The summed E-state index contributed by atoms with van der Waals surface area (Å²) in [5, 5.41) is 6.33. The van der Waals surface area contributed by atoms with E-state index in [1.54, 1.807) is 24.3 Å². The number of aromatic nitrogens is 1. The number of para-hydroxylation sites is 1. The molecule has 2 aromatic carbocycles. The van der Waals surface area contributed by atoms with E-state index in [1.165, 1.54) is 26.4 Å². The van der Waals surface area contributed by atoms with Gasteiger partial charge in [-0.2, -0.15) is 0 Å². The second-order valence-corrected chi connectivity index (χ2v) is 11.0. The van der Waals surface area contributed by atoms with E-state index in [4.69, 9.17) is 5.73 Å². The van der Waals surface area contributed by atoms with E-state index in [0.717, 1.165) is 41.9 Å². The van der Waals surface area contributed by atoms with Crippen molar-refractivity contribution in [3.05, 3.63) is 66.5 Å².